The van der Waals surface area contributed by atoms with Gasteiger partial charge in [0.1, 0.15) is 0 Å². The fraction of sp³-hybridized carbons (Fsp3) is 0.333. The number of amides is 1. The minimum Gasteiger partial charge on any atom is -0.302 e. The van der Waals surface area contributed by atoms with E-state index in [-0.39, 0.29) is 5.91 Å². The molecule has 3 nitrogen and oxygen atoms in total. The Bertz CT molecular complexity index is 593. The standard InChI is InChI=1S/C15H18N2OS/c1-5-13(18)17-15-16-12(8-19-15)14-10(3)6-9(2)7-11(14)4/h6-8H,5H2,1-4H3,(H,16,17,18). The molecule has 0 bridgehead atoms. The molecule has 0 aliphatic carbocycles. The monoisotopic (exact) mass is 274 g/mol. The Kier molecular flexibility index (Phi) is 4.00. The molecular formula is C15H18N2OS. The summed E-state index contributed by atoms with van der Waals surface area (Å²) in [6.45, 7) is 8.12. The van der Waals surface area contributed by atoms with Crippen LogP contribution in [0.2, 0.25) is 0 Å². The molecule has 2 rings (SSSR count). The van der Waals surface area contributed by atoms with Gasteiger partial charge in [0.15, 0.2) is 5.13 Å². The predicted molar refractivity (Wildman–Crippen MR) is 80.7 cm³/mol. The van der Waals surface area contributed by atoms with E-state index in [1.54, 1.807) is 0 Å². The van der Waals surface area contributed by atoms with Crippen molar-refractivity contribution in [3.05, 3.63) is 34.2 Å². The maximum absolute atomic E-state index is 11.4. The highest BCUT2D eigenvalue weighted by Gasteiger charge is 2.11. The van der Waals surface area contributed by atoms with Crippen LogP contribution in [0.4, 0.5) is 5.13 Å². The maximum atomic E-state index is 11.4. The number of nitrogens with zero attached hydrogens (tertiary/aromatic N) is 1. The normalized spacial score (nSPS) is 10.5. The van der Waals surface area contributed by atoms with Crippen molar-refractivity contribution in [2.75, 3.05) is 5.32 Å². The van der Waals surface area contributed by atoms with E-state index in [0.29, 0.717) is 11.6 Å². The highest BCUT2D eigenvalue weighted by atomic mass is 32.1. The lowest BCUT2D eigenvalue weighted by Gasteiger charge is -2.08. The second-order valence-electron chi connectivity index (χ2n) is 4.71. The minimum absolute atomic E-state index is 0.00162. The van der Waals surface area contributed by atoms with E-state index >= 15 is 0 Å². The average molecular weight is 274 g/mol. The van der Waals surface area contributed by atoms with Crippen molar-refractivity contribution in [1.29, 1.82) is 0 Å². The topological polar surface area (TPSA) is 42.0 Å². The van der Waals surface area contributed by atoms with Gasteiger partial charge in [-0.05, 0) is 31.9 Å². The van der Waals surface area contributed by atoms with Gasteiger partial charge in [0, 0.05) is 17.4 Å². The van der Waals surface area contributed by atoms with Gasteiger partial charge in [-0.25, -0.2) is 4.98 Å². The molecule has 1 aromatic carbocycles. The quantitative estimate of drug-likeness (QED) is 0.916. The van der Waals surface area contributed by atoms with Crippen LogP contribution in [0.15, 0.2) is 17.5 Å². The average Bonchev–Trinajstić information content (AvgIpc) is 2.75. The second-order valence-corrected chi connectivity index (χ2v) is 5.57. The zero-order chi connectivity index (χ0) is 14.0. The van der Waals surface area contributed by atoms with Gasteiger partial charge in [0.25, 0.3) is 0 Å². The summed E-state index contributed by atoms with van der Waals surface area (Å²) in [5.41, 5.74) is 5.80. The van der Waals surface area contributed by atoms with Gasteiger partial charge in [-0.3, -0.25) is 4.79 Å². The highest BCUT2D eigenvalue weighted by molar-refractivity contribution is 7.14. The van der Waals surface area contributed by atoms with Crippen molar-refractivity contribution in [3.63, 3.8) is 0 Å². The number of rotatable bonds is 3. The number of aromatic nitrogens is 1. The molecule has 0 saturated heterocycles. The predicted octanol–water partition coefficient (Wildman–Crippen LogP) is 4.08. The molecule has 1 N–H and O–H groups in total. The van der Waals surface area contributed by atoms with Gasteiger partial charge in [-0.1, -0.05) is 24.6 Å². The Morgan fingerprint density at radius 1 is 1.26 bits per heavy atom. The lowest BCUT2D eigenvalue weighted by atomic mass is 9.98. The summed E-state index contributed by atoms with van der Waals surface area (Å²) in [7, 11) is 0. The van der Waals surface area contributed by atoms with Crippen LogP contribution in [0.1, 0.15) is 30.0 Å². The molecule has 0 aliphatic rings. The Morgan fingerprint density at radius 3 is 2.47 bits per heavy atom. The first-order valence-electron chi connectivity index (χ1n) is 6.35. The van der Waals surface area contributed by atoms with Crippen LogP contribution in [0, 0.1) is 20.8 Å². The molecule has 19 heavy (non-hydrogen) atoms. The SMILES string of the molecule is CCC(=O)Nc1nc(-c2c(C)cc(C)cc2C)cs1. The number of aryl methyl sites for hydroxylation is 3. The Morgan fingerprint density at radius 2 is 1.89 bits per heavy atom. The number of anilines is 1. The zero-order valence-electron chi connectivity index (χ0n) is 11.7. The molecule has 0 atom stereocenters. The van der Waals surface area contributed by atoms with Crippen LogP contribution in [-0.2, 0) is 4.79 Å². The van der Waals surface area contributed by atoms with Gasteiger partial charge < -0.3 is 5.32 Å². The summed E-state index contributed by atoms with van der Waals surface area (Å²) in [6.07, 6.45) is 0.470. The van der Waals surface area contributed by atoms with Gasteiger partial charge in [0.2, 0.25) is 5.91 Å². The summed E-state index contributed by atoms with van der Waals surface area (Å²) in [4.78, 5) is 15.9. The van der Waals surface area contributed by atoms with Crippen LogP contribution >= 0.6 is 11.3 Å². The van der Waals surface area contributed by atoms with Gasteiger partial charge >= 0.3 is 0 Å². The molecular weight excluding hydrogens is 256 g/mol. The van der Waals surface area contributed by atoms with E-state index in [4.69, 9.17) is 0 Å². The fourth-order valence-electron chi connectivity index (χ4n) is 2.24. The second kappa shape index (κ2) is 5.53. The number of carbonyl (C=O) groups is 1. The molecule has 0 aliphatic heterocycles. The number of nitrogens with one attached hydrogen (secondary N) is 1. The van der Waals surface area contributed by atoms with Crippen LogP contribution in [0.5, 0.6) is 0 Å². The Hall–Kier alpha value is -1.68. The first-order valence-corrected chi connectivity index (χ1v) is 7.22. The highest BCUT2D eigenvalue weighted by Crippen LogP contribution is 2.30. The molecule has 1 heterocycles. The molecule has 4 heteroatoms. The first kappa shape index (κ1) is 13.7. The Balaban J connectivity index is 2.36. The number of hydrogen-bond acceptors (Lipinski definition) is 3. The number of thiazole rings is 1. The number of hydrogen-bond donors (Lipinski definition) is 1. The number of carbonyl (C=O) groups excluding carboxylic acids is 1. The van der Waals surface area contributed by atoms with E-state index in [1.807, 2.05) is 12.3 Å². The van der Waals surface area contributed by atoms with Crippen LogP contribution < -0.4 is 5.32 Å². The molecule has 0 spiro atoms. The summed E-state index contributed by atoms with van der Waals surface area (Å²) in [5, 5.41) is 5.46. The summed E-state index contributed by atoms with van der Waals surface area (Å²) in [6, 6.07) is 4.32. The van der Waals surface area contributed by atoms with Crippen molar-refractivity contribution in [1.82, 2.24) is 4.98 Å². The molecule has 1 aromatic heterocycles. The van der Waals surface area contributed by atoms with Gasteiger partial charge in [-0.2, -0.15) is 0 Å². The van der Waals surface area contributed by atoms with Crippen LogP contribution in [0.3, 0.4) is 0 Å². The fourth-order valence-corrected chi connectivity index (χ4v) is 2.96. The molecule has 100 valence electrons. The first-order chi connectivity index (χ1) is 9.01. The van der Waals surface area contributed by atoms with Gasteiger partial charge in [-0.15, -0.1) is 11.3 Å². The lowest BCUT2D eigenvalue weighted by molar-refractivity contribution is -0.115. The van der Waals surface area contributed by atoms with Crippen molar-refractivity contribution >= 4 is 22.4 Å². The smallest absolute Gasteiger partial charge is 0.225 e. The maximum Gasteiger partial charge on any atom is 0.225 e. The molecule has 2 aromatic rings. The lowest BCUT2D eigenvalue weighted by Crippen LogP contribution is -2.08. The van der Waals surface area contributed by atoms with Crippen LogP contribution in [-0.4, -0.2) is 10.9 Å². The summed E-state index contributed by atoms with van der Waals surface area (Å²) >= 11 is 1.47. The van der Waals surface area contributed by atoms with Crippen molar-refractivity contribution in [2.45, 2.75) is 34.1 Å². The van der Waals surface area contributed by atoms with E-state index in [9.17, 15) is 4.79 Å². The van der Waals surface area contributed by atoms with E-state index in [0.717, 1.165) is 5.69 Å². The summed E-state index contributed by atoms with van der Waals surface area (Å²) in [5.74, 6) is -0.00162. The molecule has 0 radical (unpaired) electrons. The molecule has 1 amide bonds. The van der Waals surface area contributed by atoms with Crippen molar-refractivity contribution < 1.29 is 4.79 Å². The Labute approximate surface area is 117 Å². The zero-order valence-corrected chi connectivity index (χ0v) is 12.5. The third-order valence-corrected chi connectivity index (χ3v) is 3.76. The van der Waals surface area contributed by atoms with Crippen molar-refractivity contribution in [3.8, 4) is 11.3 Å². The third kappa shape index (κ3) is 3.01. The van der Waals surface area contributed by atoms with Crippen LogP contribution in [0.25, 0.3) is 11.3 Å². The number of benzene rings is 1. The van der Waals surface area contributed by atoms with Crippen molar-refractivity contribution in [2.24, 2.45) is 0 Å². The third-order valence-electron chi connectivity index (χ3n) is 3.00. The van der Waals surface area contributed by atoms with E-state index in [2.05, 4.69) is 43.2 Å². The largest absolute Gasteiger partial charge is 0.302 e. The summed E-state index contributed by atoms with van der Waals surface area (Å²) < 4.78 is 0. The van der Waals surface area contributed by atoms with Gasteiger partial charge in [0.05, 0.1) is 5.69 Å². The van der Waals surface area contributed by atoms with E-state index < -0.39 is 0 Å². The molecule has 0 fully saturated rings. The van der Waals surface area contributed by atoms with E-state index in [1.165, 1.54) is 33.6 Å². The molecule has 0 saturated carbocycles. The molecule has 0 unspecified atom stereocenters. The minimum atomic E-state index is -0.00162.